The molecule has 0 bridgehead atoms. The third-order valence-corrected chi connectivity index (χ3v) is 9.70. The number of hydrogen-bond acceptors (Lipinski definition) is 9. The Hall–Kier alpha value is -2.47. The van der Waals surface area contributed by atoms with Crippen LogP contribution in [-0.2, 0) is 10.0 Å². The molecule has 0 radical (unpaired) electrons. The van der Waals surface area contributed by atoms with E-state index in [1.807, 2.05) is 19.2 Å². The van der Waals surface area contributed by atoms with Gasteiger partial charge in [-0.3, -0.25) is 0 Å². The number of rotatable bonds is 8. The van der Waals surface area contributed by atoms with Gasteiger partial charge in [-0.05, 0) is 43.2 Å². The third kappa shape index (κ3) is 5.74. The molecule has 2 aliphatic heterocycles. The number of ether oxygens (including phenoxy) is 1. The Labute approximate surface area is 216 Å². The number of piperidine rings is 1. The van der Waals surface area contributed by atoms with E-state index in [0.29, 0.717) is 31.4 Å². The van der Waals surface area contributed by atoms with Gasteiger partial charge in [0.25, 0.3) is 5.19 Å². The summed E-state index contributed by atoms with van der Waals surface area (Å²) in [6.07, 6.45) is 4.20. The molecule has 0 amide bonds. The van der Waals surface area contributed by atoms with Crippen molar-refractivity contribution in [3.05, 3.63) is 42.1 Å². The van der Waals surface area contributed by atoms with Crippen molar-refractivity contribution in [1.29, 1.82) is 0 Å². The van der Waals surface area contributed by atoms with Crippen LogP contribution in [0.1, 0.15) is 24.8 Å². The lowest BCUT2D eigenvalue weighted by atomic mass is 10.1. The van der Waals surface area contributed by atoms with Gasteiger partial charge in [-0.15, -0.1) is 0 Å². The lowest BCUT2D eigenvalue weighted by Crippen LogP contribution is -2.49. The second kappa shape index (κ2) is 10.9. The molecule has 2 saturated heterocycles. The summed E-state index contributed by atoms with van der Waals surface area (Å²) < 4.78 is 33.7. The van der Waals surface area contributed by atoms with Crippen LogP contribution in [0.3, 0.4) is 0 Å². The summed E-state index contributed by atoms with van der Waals surface area (Å²) in [5.41, 5.74) is 3.16. The van der Waals surface area contributed by atoms with E-state index in [2.05, 4.69) is 39.0 Å². The van der Waals surface area contributed by atoms with Gasteiger partial charge in [0.1, 0.15) is 11.9 Å². The molecule has 0 spiro atoms. The number of sulfonamides is 1. The van der Waals surface area contributed by atoms with Crippen molar-refractivity contribution >= 4 is 43.1 Å². The van der Waals surface area contributed by atoms with E-state index >= 15 is 0 Å². The first-order valence-corrected chi connectivity index (χ1v) is 14.9. The minimum atomic E-state index is -3.30. The van der Waals surface area contributed by atoms with Crippen LogP contribution in [0.5, 0.6) is 5.19 Å². The van der Waals surface area contributed by atoms with Crippen molar-refractivity contribution in [1.82, 2.24) is 14.3 Å². The molecule has 36 heavy (non-hydrogen) atoms. The zero-order valence-electron chi connectivity index (χ0n) is 20.5. The van der Waals surface area contributed by atoms with Crippen LogP contribution in [0, 0.1) is 6.92 Å². The maximum Gasteiger partial charge on any atom is 0.274 e. The number of fused-ring (bicyclic) bond motifs is 1. The van der Waals surface area contributed by atoms with Gasteiger partial charge in [-0.25, -0.2) is 18.4 Å². The second-order valence-corrected chi connectivity index (χ2v) is 12.5. The fourth-order valence-electron chi connectivity index (χ4n) is 4.73. The summed E-state index contributed by atoms with van der Waals surface area (Å²) in [5.74, 6) is 1.02. The van der Waals surface area contributed by atoms with Crippen LogP contribution in [0.15, 0.2) is 36.5 Å². The molecule has 1 aromatic carbocycles. The van der Waals surface area contributed by atoms with Crippen LogP contribution in [0.25, 0.3) is 10.2 Å². The normalized spacial score (nSPS) is 18.2. The molecule has 0 atom stereocenters. The highest BCUT2D eigenvalue weighted by molar-refractivity contribution is 7.89. The van der Waals surface area contributed by atoms with Gasteiger partial charge in [0.2, 0.25) is 10.0 Å². The number of aliphatic hydroxyl groups is 1. The number of aromatic nitrogens is 2. The van der Waals surface area contributed by atoms with E-state index in [0.717, 1.165) is 47.7 Å². The van der Waals surface area contributed by atoms with E-state index in [4.69, 9.17) is 14.8 Å². The van der Waals surface area contributed by atoms with E-state index in [-0.39, 0.29) is 24.9 Å². The smallest absolute Gasteiger partial charge is 0.274 e. The lowest BCUT2D eigenvalue weighted by Gasteiger charge is -2.35. The van der Waals surface area contributed by atoms with Gasteiger partial charge >= 0.3 is 0 Å². The van der Waals surface area contributed by atoms with Crippen LogP contribution in [-0.4, -0.2) is 85.5 Å². The second-order valence-electron chi connectivity index (χ2n) is 9.41. The number of aryl methyl sites for hydroxylation is 1. The lowest BCUT2D eigenvalue weighted by molar-refractivity contribution is 0.170. The van der Waals surface area contributed by atoms with E-state index < -0.39 is 10.0 Å². The number of aliphatic hydroxyl groups excluding tert-OH is 1. The zero-order chi connectivity index (χ0) is 25.1. The molecule has 5 rings (SSSR count). The SMILES string of the molecule is Cc1ccc(N2CCC(Oc3nc4ccc(N5CCN(S(=O)(=O)CCCO)CC5)cc4s3)CC2)nc1. The Morgan fingerprint density at radius 2 is 1.83 bits per heavy atom. The Bertz CT molecular complexity index is 1270. The fraction of sp³-hybridized carbons (Fsp3) is 0.520. The molecule has 0 aliphatic carbocycles. The van der Waals surface area contributed by atoms with Gasteiger partial charge < -0.3 is 19.6 Å². The Balaban J connectivity index is 1.17. The van der Waals surface area contributed by atoms with Crippen LogP contribution >= 0.6 is 11.3 Å². The number of thiazole rings is 1. The maximum atomic E-state index is 12.4. The van der Waals surface area contributed by atoms with E-state index in [1.165, 1.54) is 9.87 Å². The largest absolute Gasteiger partial charge is 0.467 e. The summed E-state index contributed by atoms with van der Waals surface area (Å²) in [6, 6.07) is 10.4. The van der Waals surface area contributed by atoms with Crippen LogP contribution in [0.2, 0.25) is 0 Å². The molecule has 11 heteroatoms. The summed E-state index contributed by atoms with van der Waals surface area (Å²) in [4.78, 5) is 13.8. The predicted octanol–water partition coefficient (Wildman–Crippen LogP) is 2.88. The van der Waals surface area contributed by atoms with E-state index in [1.54, 1.807) is 11.3 Å². The highest BCUT2D eigenvalue weighted by atomic mass is 32.2. The molecule has 4 heterocycles. The van der Waals surface area contributed by atoms with Gasteiger partial charge in [-0.2, -0.15) is 4.31 Å². The van der Waals surface area contributed by atoms with Crippen LogP contribution < -0.4 is 14.5 Å². The summed E-state index contributed by atoms with van der Waals surface area (Å²) >= 11 is 1.57. The van der Waals surface area contributed by atoms with E-state index in [9.17, 15) is 8.42 Å². The maximum absolute atomic E-state index is 12.4. The highest BCUT2D eigenvalue weighted by Crippen LogP contribution is 2.33. The number of anilines is 2. The molecule has 2 aliphatic rings. The molecule has 1 N–H and O–H groups in total. The number of piperazine rings is 1. The molecule has 194 valence electrons. The van der Waals surface area contributed by atoms with Crippen molar-refractivity contribution in [3.8, 4) is 5.19 Å². The van der Waals surface area contributed by atoms with Gasteiger partial charge in [0, 0.05) is 70.6 Å². The standard InChI is InChI=1S/C25H33N5O4S2/c1-19-3-6-24(26-18-19)29-9-7-21(8-10-29)34-25-27-22-5-4-20(17-23(22)35-25)28-11-13-30(14-12-28)36(32,33)16-2-15-31/h3-6,17-18,21,31H,2,7-16H2,1H3. The number of nitrogens with zero attached hydrogens (tertiary/aromatic N) is 5. The number of pyridine rings is 1. The molecular formula is C25H33N5O4S2. The number of hydrogen-bond donors (Lipinski definition) is 1. The Morgan fingerprint density at radius 1 is 1.06 bits per heavy atom. The van der Waals surface area contributed by atoms with Gasteiger partial charge in [0.15, 0.2) is 0 Å². The summed E-state index contributed by atoms with van der Waals surface area (Å²) in [5, 5.41) is 9.65. The average Bonchev–Trinajstić information content (AvgIpc) is 3.30. The summed E-state index contributed by atoms with van der Waals surface area (Å²) in [6.45, 7) is 5.96. The van der Waals surface area contributed by atoms with Crippen molar-refractivity contribution in [2.45, 2.75) is 32.3 Å². The first-order valence-electron chi connectivity index (χ1n) is 12.5. The van der Waals surface area contributed by atoms with Gasteiger partial charge in [-0.1, -0.05) is 17.4 Å². The quantitative estimate of drug-likeness (QED) is 0.474. The van der Waals surface area contributed by atoms with Gasteiger partial charge in [0.05, 0.1) is 16.0 Å². The van der Waals surface area contributed by atoms with Crippen molar-refractivity contribution < 1.29 is 18.3 Å². The monoisotopic (exact) mass is 531 g/mol. The van der Waals surface area contributed by atoms with Crippen molar-refractivity contribution in [3.63, 3.8) is 0 Å². The fourth-order valence-corrected chi connectivity index (χ4v) is 7.12. The molecule has 2 fully saturated rings. The molecule has 0 saturated carbocycles. The number of benzene rings is 1. The van der Waals surface area contributed by atoms with Crippen molar-refractivity contribution in [2.75, 3.05) is 61.4 Å². The first kappa shape index (κ1) is 25.2. The van der Waals surface area contributed by atoms with Crippen molar-refractivity contribution in [2.24, 2.45) is 0 Å². The molecule has 9 nitrogen and oxygen atoms in total. The average molecular weight is 532 g/mol. The Morgan fingerprint density at radius 3 is 2.53 bits per heavy atom. The first-order chi connectivity index (χ1) is 17.4. The molecular weight excluding hydrogens is 498 g/mol. The van der Waals surface area contributed by atoms with Crippen LogP contribution in [0.4, 0.5) is 11.5 Å². The summed E-state index contributed by atoms with van der Waals surface area (Å²) in [7, 11) is -3.30. The Kier molecular flexibility index (Phi) is 7.61. The zero-order valence-corrected chi connectivity index (χ0v) is 22.2. The third-order valence-electron chi connectivity index (χ3n) is 6.84. The molecule has 2 aromatic heterocycles. The molecule has 0 unspecified atom stereocenters. The molecule has 3 aromatic rings. The topological polar surface area (TPSA) is 99.1 Å². The predicted molar refractivity (Wildman–Crippen MR) is 144 cm³/mol. The minimum Gasteiger partial charge on any atom is -0.467 e. The highest BCUT2D eigenvalue weighted by Gasteiger charge is 2.27. The minimum absolute atomic E-state index is 0.000960.